The van der Waals surface area contributed by atoms with E-state index in [1.807, 2.05) is 18.2 Å². The van der Waals surface area contributed by atoms with Crippen molar-refractivity contribution in [2.45, 2.75) is 19.3 Å². The van der Waals surface area contributed by atoms with Gasteiger partial charge in [0.05, 0.1) is 5.69 Å². The van der Waals surface area contributed by atoms with Crippen molar-refractivity contribution in [3.05, 3.63) is 30.1 Å². The van der Waals surface area contributed by atoms with Crippen LogP contribution in [0.3, 0.4) is 0 Å². The van der Waals surface area contributed by atoms with Gasteiger partial charge in [-0.2, -0.15) is 0 Å². The van der Waals surface area contributed by atoms with Crippen LogP contribution in [-0.4, -0.2) is 30.9 Å². The highest BCUT2D eigenvalue weighted by Crippen LogP contribution is 2.18. The summed E-state index contributed by atoms with van der Waals surface area (Å²) in [7, 11) is 1.59. The summed E-state index contributed by atoms with van der Waals surface area (Å²) in [5.41, 5.74) is 1.88. The van der Waals surface area contributed by atoms with Crippen molar-refractivity contribution in [2.24, 2.45) is 11.1 Å². The maximum absolute atomic E-state index is 4.93. The van der Waals surface area contributed by atoms with Crippen LogP contribution < -0.4 is 5.32 Å². The Balaban J connectivity index is 2.05. The fourth-order valence-corrected chi connectivity index (χ4v) is 2.19. The number of hydrogen-bond donors (Lipinski definition) is 1. The summed E-state index contributed by atoms with van der Waals surface area (Å²) in [6.45, 7) is 2.21. The number of aromatic nitrogens is 1. The smallest absolute Gasteiger partial charge is 0.106 e. The van der Waals surface area contributed by atoms with Gasteiger partial charge in [0.25, 0.3) is 0 Å². The third kappa shape index (κ3) is 3.53. The standard InChI is InChI=1S/C13H19N3O/c1-17-16-13(12-4-2-3-7-15-12)10-11-5-8-14-9-6-11/h2-4,7,11,14H,5-6,8-10H2,1H3. The first-order chi connectivity index (χ1) is 8.40. The summed E-state index contributed by atoms with van der Waals surface area (Å²) in [6.07, 6.45) is 5.15. The molecule has 2 rings (SSSR count). The minimum Gasteiger partial charge on any atom is -0.399 e. The van der Waals surface area contributed by atoms with E-state index in [0.29, 0.717) is 5.92 Å². The summed E-state index contributed by atoms with van der Waals surface area (Å²) >= 11 is 0. The molecule has 92 valence electrons. The Morgan fingerprint density at radius 1 is 1.47 bits per heavy atom. The molecule has 1 fully saturated rings. The summed E-state index contributed by atoms with van der Waals surface area (Å²) < 4.78 is 0. The van der Waals surface area contributed by atoms with E-state index in [2.05, 4.69) is 15.5 Å². The fraction of sp³-hybridized carbons (Fsp3) is 0.538. The van der Waals surface area contributed by atoms with Gasteiger partial charge in [-0.1, -0.05) is 11.2 Å². The molecule has 0 spiro atoms. The van der Waals surface area contributed by atoms with E-state index in [1.54, 1.807) is 13.3 Å². The molecule has 1 aliphatic heterocycles. The molecule has 1 N–H and O–H groups in total. The van der Waals surface area contributed by atoms with Crippen molar-refractivity contribution in [1.82, 2.24) is 10.3 Å². The molecule has 0 aromatic carbocycles. The fourth-order valence-electron chi connectivity index (χ4n) is 2.19. The average molecular weight is 233 g/mol. The van der Waals surface area contributed by atoms with Crippen molar-refractivity contribution in [3.63, 3.8) is 0 Å². The van der Waals surface area contributed by atoms with Crippen molar-refractivity contribution in [2.75, 3.05) is 20.2 Å². The quantitative estimate of drug-likeness (QED) is 0.637. The van der Waals surface area contributed by atoms with Gasteiger partial charge in [-0.25, -0.2) is 0 Å². The van der Waals surface area contributed by atoms with Crippen LogP contribution in [0.1, 0.15) is 25.0 Å². The second-order valence-corrected chi connectivity index (χ2v) is 4.33. The van der Waals surface area contributed by atoms with Gasteiger partial charge in [-0.15, -0.1) is 0 Å². The van der Waals surface area contributed by atoms with Crippen molar-refractivity contribution >= 4 is 5.71 Å². The van der Waals surface area contributed by atoms with Gasteiger partial charge >= 0.3 is 0 Å². The SMILES string of the molecule is CON=C(CC1CCNCC1)c1ccccn1. The molecule has 2 heterocycles. The second kappa shape index (κ2) is 6.35. The molecule has 0 aliphatic carbocycles. The Morgan fingerprint density at radius 2 is 2.29 bits per heavy atom. The van der Waals surface area contributed by atoms with Gasteiger partial charge in [-0.05, 0) is 50.4 Å². The lowest BCUT2D eigenvalue weighted by molar-refractivity contribution is 0.211. The first-order valence-electron chi connectivity index (χ1n) is 6.12. The van der Waals surface area contributed by atoms with Crippen LogP contribution in [-0.2, 0) is 4.84 Å². The van der Waals surface area contributed by atoms with Crippen molar-refractivity contribution in [3.8, 4) is 0 Å². The molecule has 1 aromatic heterocycles. The zero-order valence-corrected chi connectivity index (χ0v) is 10.2. The first-order valence-corrected chi connectivity index (χ1v) is 6.12. The number of pyridine rings is 1. The maximum Gasteiger partial charge on any atom is 0.106 e. The Labute approximate surface area is 102 Å². The van der Waals surface area contributed by atoms with Crippen LogP contribution in [0.25, 0.3) is 0 Å². The predicted molar refractivity (Wildman–Crippen MR) is 68.0 cm³/mol. The van der Waals surface area contributed by atoms with E-state index < -0.39 is 0 Å². The predicted octanol–water partition coefficient (Wildman–Crippen LogP) is 1.82. The van der Waals surface area contributed by atoms with Crippen LogP contribution in [0.4, 0.5) is 0 Å². The van der Waals surface area contributed by atoms with E-state index in [-0.39, 0.29) is 0 Å². The molecule has 1 aromatic rings. The van der Waals surface area contributed by atoms with Crippen LogP contribution in [0.2, 0.25) is 0 Å². The minimum absolute atomic E-state index is 0.687. The van der Waals surface area contributed by atoms with E-state index in [9.17, 15) is 0 Å². The minimum atomic E-state index is 0.687. The molecule has 0 bridgehead atoms. The highest BCUT2D eigenvalue weighted by atomic mass is 16.6. The lowest BCUT2D eigenvalue weighted by atomic mass is 9.91. The largest absolute Gasteiger partial charge is 0.399 e. The zero-order valence-electron chi connectivity index (χ0n) is 10.2. The molecule has 0 amide bonds. The summed E-state index contributed by atoms with van der Waals surface area (Å²) in [5.74, 6) is 0.687. The van der Waals surface area contributed by atoms with Crippen LogP contribution in [0, 0.1) is 5.92 Å². The van der Waals surface area contributed by atoms with Gasteiger partial charge < -0.3 is 10.2 Å². The molecule has 0 unspecified atom stereocenters. The molecule has 4 heteroatoms. The van der Waals surface area contributed by atoms with Crippen molar-refractivity contribution in [1.29, 1.82) is 0 Å². The third-order valence-corrected chi connectivity index (χ3v) is 3.10. The molecular weight excluding hydrogens is 214 g/mol. The Bertz CT molecular complexity index is 358. The number of oxime groups is 1. The van der Waals surface area contributed by atoms with Gasteiger partial charge in [0.1, 0.15) is 12.8 Å². The summed E-state index contributed by atoms with van der Waals surface area (Å²) in [4.78, 5) is 9.27. The molecule has 0 atom stereocenters. The van der Waals surface area contributed by atoms with E-state index in [4.69, 9.17) is 4.84 Å². The van der Waals surface area contributed by atoms with E-state index in [0.717, 1.165) is 30.9 Å². The maximum atomic E-state index is 4.93. The highest BCUT2D eigenvalue weighted by molar-refractivity contribution is 5.98. The van der Waals surface area contributed by atoms with Gasteiger partial charge in [0.2, 0.25) is 0 Å². The Kier molecular flexibility index (Phi) is 4.50. The number of nitrogens with one attached hydrogen (secondary N) is 1. The molecule has 1 aliphatic rings. The van der Waals surface area contributed by atoms with Crippen LogP contribution in [0.5, 0.6) is 0 Å². The third-order valence-electron chi connectivity index (χ3n) is 3.10. The average Bonchev–Trinajstić information content (AvgIpc) is 2.40. The normalized spacial score (nSPS) is 18.1. The van der Waals surface area contributed by atoms with Crippen LogP contribution in [0.15, 0.2) is 29.6 Å². The molecule has 17 heavy (non-hydrogen) atoms. The second-order valence-electron chi connectivity index (χ2n) is 4.33. The Morgan fingerprint density at radius 3 is 2.94 bits per heavy atom. The molecule has 1 saturated heterocycles. The number of piperidine rings is 1. The lowest BCUT2D eigenvalue weighted by Crippen LogP contribution is -2.29. The lowest BCUT2D eigenvalue weighted by Gasteiger charge is -2.22. The molecular formula is C13H19N3O. The van der Waals surface area contributed by atoms with Crippen molar-refractivity contribution < 1.29 is 4.84 Å². The number of nitrogens with zero attached hydrogens (tertiary/aromatic N) is 2. The highest BCUT2D eigenvalue weighted by Gasteiger charge is 2.17. The molecule has 0 radical (unpaired) electrons. The first kappa shape index (κ1) is 12.0. The van der Waals surface area contributed by atoms with E-state index >= 15 is 0 Å². The van der Waals surface area contributed by atoms with Gasteiger partial charge in [-0.3, -0.25) is 4.98 Å². The monoisotopic (exact) mass is 233 g/mol. The number of rotatable bonds is 4. The Hall–Kier alpha value is -1.42. The molecule has 0 saturated carbocycles. The van der Waals surface area contributed by atoms with Crippen LogP contribution >= 0.6 is 0 Å². The summed E-state index contributed by atoms with van der Waals surface area (Å²) in [5, 5.41) is 7.50. The van der Waals surface area contributed by atoms with Gasteiger partial charge in [0.15, 0.2) is 0 Å². The zero-order chi connectivity index (χ0) is 11.9. The number of hydrogen-bond acceptors (Lipinski definition) is 4. The topological polar surface area (TPSA) is 46.5 Å². The summed E-state index contributed by atoms with van der Waals surface area (Å²) in [6, 6.07) is 5.88. The molecule has 4 nitrogen and oxygen atoms in total. The van der Waals surface area contributed by atoms with E-state index in [1.165, 1.54) is 12.8 Å². The van der Waals surface area contributed by atoms with Gasteiger partial charge in [0, 0.05) is 6.20 Å².